The Hall–Kier alpha value is -1.67. The summed E-state index contributed by atoms with van der Waals surface area (Å²) < 4.78 is 39.9. The highest BCUT2D eigenvalue weighted by Gasteiger charge is 2.57. The zero-order valence-corrected chi connectivity index (χ0v) is 11.2. The summed E-state index contributed by atoms with van der Waals surface area (Å²) in [6.45, 7) is -0.00615. The number of carbonyl (C=O) groups is 1. The fourth-order valence-electron chi connectivity index (χ4n) is 3.84. The minimum Gasteiger partial charge on any atom is -0.348 e. The van der Waals surface area contributed by atoms with Crippen LogP contribution >= 0.6 is 0 Å². The van der Waals surface area contributed by atoms with Crippen LogP contribution in [0.25, 0.3) is 0 Å². The predicted molar refractivity (Wildman–Crippen MR) is 64.5 cm³/mol. The third-order valence-electron chi connectivity index (χ3n) is 4.71. The van der Waals surface area contributed by atoms with Crippen LogP contribution < -0.4 is 5.32 Å². The Morgan fingerprint density at radius 3 is 2.48 bits per heavy atom. The summed E-state index contributed by atoms with van der Waals surface area (Å²) in [6.07, 6.45) is -1.76. The van der Waals surface area contributed by atoms with E-state index in [0.29, 0.717) is 25.7 Å². The van der Waals surface area contributed by atoms with Gasteiger partial charge in [0.1, 0.15) is 0 Å². The molecular formula is C12H16F3N5O. The summed E-state index contributed by atoms with van der Waals surface area (Å²) >= 11 is 0. The van der Waals surface area contributed by atoms with Crippen molar-refractivity contribution in [2.75, 3.05) is 0 Å². The molecule has 9 heteroatoms. The normalized spacial score (nSPS) is 32.1. The molecule has 4 rings (SSSR count). The Bertz CT molecular complexity index is 495. The van der Waals surface area contributed by atoms with E-state index in [9.17, 15) is 18.0 Å². The lowest BCUT2D eigenvalue weighted by molar-refractivity contribution is -0.229. The SMILES string of the molecule is O=C(NCc1nn[nH]n1)[C@H]1C2CCC(CC2)[C@@H]1C(F)(F)F. The second-order valence-electron chi connectivity index (χ2n) is 5.81. The molecule has 0 unspecified atom stereocenters. The van der Waals surface area contributed by atoms with E-state index >= 15 is 0 Å². The molecule has 3 aliphatic rings. The number of aromatic amines is 1. The quantitative estimate of drug-likeness (QED) is 0.885. The summed E-state index contributed by atoms with van der Waals surface area (Å²) in [5, 5.41) is 15.4. The lowest BCUT2D eigenvalue weighted by atomic mass is 9.58. The Balaban J connectivity index is 1.73. The topological polar surface area (TPSA) is 83.6 Å². The first-order chi connectivity index (χ1) is 9.97. The monoisotopic (exact) mass is 303 g/mol. The van der Waals surface area contributed by atoms with E-state index in [4.69, 9.17) is 0 Å². The van der Waals surface area contributed by atoms with E-state index in [1.54, 1.807) is 0 Å². The number of tetrazole rings is 1. The first kappa shape index (κ1) is 14.3. The molecular weight excluding hydrogens is 287 g/mol. The molecule has 3 aliphatic carbocycles. The van der Waals surface area contributed by atoms with Crippen molar-refractivity contribution in [1.29, 1.82) is 0 Å². The average molecular weight is 303 g/mol. The highest BCUT2D eigenvalue weighted by atomic mass is 19.4. The molecule has 1 amide bonds. The Kier molecular flexibility index (Phi) is 3.58. The average Bonchev–Trinajstić information content (AvgIpc) is 2.97. The van der Waals surface area contributed by atoms with Gasteiger partial charge in [0.15, 0.2) is 5.82 Å². The standard InChI is InChI=1S/C12H16F3N5O/c13-12(14,15)10-7-3-1-6(2-4-7)9(10)11(21)16-5-8-17-19-20-18-8/h6-7,9-10H,1-5H2,(H,16,21)(H,17,18,19,20)/t6?,7?,9-,10-/m0/s1. The third kappa shape index (κ3) is 2.73. The number of nitrogens with zero attached hydrogens (tertiary/aromatic N) is 3. The van der Waals surface area contributed by atoms with Crippen LogP contribution in [0.4, 0.5) is 13.2 Å². The first-order valence-electron chi connectivity index (χ1n) is 7.03. The van der Waals surface area contributed by atoms with Gasteiger partial charge in [-0.25, -0.2) is 0 Å². The van der Waals surface area contributed by atoms with E-state index in [1.807, 2.05) is 0 Å². The smallest absolute Gasteiger partial charge is 0.348 e. The van der Waals surface area contributed by atoms with Crippen LogP contribution in [-0.4, -0.2) is 32.7 Å². The molecule has 2 bridgehead atoms. The molecule has 0 spiro atoms. The van der Waals surface area contributed by atoms with E-state index in [0.717, 1.165) is 0 Å². The van der Waals surface area contributed by atoms with Crippen molar-refractivity contribution in [2.24, 2.45) is 23.7 Å². The van der Waals surface area contributed by atoms with Gasteiger partial charge in [0.05, 0.1) is 18.4 Å². The molecule has 0 radical (unpaired) electrons. The predicted octanol–water partition coefficient (Wildman–Crippen LogP) is 1.43. The Labute approximate surface area is 118 Å². The van der Waals surface area contributed by atoms with Gasteiger partial charge in [-0.3, -0.25) is 4.79 Å². The minimum absolute atomic E-state index is 0.00615. The van der Waals surface area contributed by atoms with Gasteiger partial charge in [-0.15, -0.1) is 10.2 Å². The van der Waals surface area contributed by atoms with Crippen molar-refractivity contribution < 1.29 is 18.0 Å². The maximum Gasteiger partial charge on any atom is 0.392 e. The molecule has 2 atom stereocenters. The number of hydrogen-bond acceptors (Lipinski definition) is 4. The number of aromatic nitrogens is 4. The minimum atomic E-state index is -4.32. The van der Waals surface area contributed by atoms with Gasteiger partial charge < -0.3 is 5.32 Å². The number of H-pyrrole nitrogens is 1. The van der Waals surface area contributed by atoms with E-state index < -0.39 is 29.8 Å². The number of alkyl halides is 3. The number of nitrogens with one attached hydrogen (secondary N) is 2. The molecule has 116 valence electrons. The molecule has 1 heterocycles. The van der Waals surface area contributed by atoms with Crippen LogP contribution in [-0.2, 0) is 11.3 Å². The summed E-state index contributed by atoms with van der Waals surface area (Å²) in [5.41, 5.74) is 0. The van der Waals surface area contributed by atoms with E-state index in [2.05, 4.69) is 25.9 Å². The van der Waals surface area contributed by atoms with E-state index in [1.165, 1.54) is 0 Å². The number of fused-ring (bicyclic) bond motifs is 3. The largest absolute Gasteiger partial charge is 0.392 e. The van der Waals surface area contributed by atoms with Crippen molar-refractivity contribution >= 4 is 5.91 Å². The van der Waals surface area contributed by atoms with Crippen LogP contribution in [0.3, 0.4) is 0 Å². The molecule has 0 aromatic carbocycles. The second kappa shape index (κ2) is 5.27. The maximum absolute atomic E-state index is 13.3. The molecule has 0 saturated heterocycles. The fourth-order valence-corrected chi connectivity index (χ4v) is 3.84. The van der Waals surface area contributed by atoms with Crippen LogP contribution in [0.15, 0.2) is 0 Å². The van der Waals surface area contributed by atoms with Gasteiger partial charge in [-0.1, -0.05) is 5.21 Å². The molecule has 3 saturated carbocycles. The van der Waals surface area contributed by atoms with Gasteiger partial charge in [0.25, 0.3) is 0 Å². The molecule has 21 heavy (non-hydrogen) atoms. The van der Waals surface area contributed by atoms with Crippen LogP contribution in [0.1, 0.15) is 31.5 Å². The van der Waals surface area contributed by atoms with Crippen molar-refractivity contribution in [3.8, 4) is 0 Å². The summed E-state index contributed by atoms with van der Waals surface area (Å²) in [5.74, 6) is -3.38. The lowest BCUT2D eigenvalue weighted by Gasteiger charge is -2.48. The number of halogens is 3. The Morgan fingerprint density at radius 1 is 1.24 bits per heavy atom. The van der Waals surface area contributed by atoms with Gasteiger partial charge >= 0.3 is 6.18 Å². The Morgan fingerprint density at radius 2 is 1.90 bits per heavy atom. The van der Waals surface area contributed by atoms with Crippen molar-refractivity contribution in [3.05, 3.63) is 5.82 Å². The number of hydrogen-bond donors (Lipinski definition) is 2. The third-order valence-corrected chi connectivity index (χ3v) is 4.71. The number of rotatable bonds is 3. The molecule has 2 N–H and O–H groups in total. The van der Waals surface area contributed by atoms with Crippen molar-refractivity contribution in [1.82, 2.24) is 25.9 Å². The molecule has 0 aliphatic heterocycles. The lowest BCUT2D eigenvalue weighted by Crippen LogP contribution is -2.53. The number of amides is 1. The van der Waals surface area contributed by atoms with Gasteiger partial charge in [-0.05, 0) is 37.5 Å². The van der Waals surface area contributed by atoms with Gasteiger partial charge in [0.2, 0.25) is 5.91 Å². The number of carbonyl (C=O) groups excluding carboxylic acids is 1. The molecule has 3 fully saturated rings. The zero-order chi connectivity index (χ0) is 15.0. The van der Waals surface area contributed by atoms with Crippen LogP contribution in [0, 0.1) is 23.7 Å². The summed E-state index contributed by atoms with van der Waals surface area (Å²) in [6, 6.07) is 0. The van der Waals surface area contributed by atoms with Crippen molar-refractivity contribution in [2.45, 2.75) is 38.4 Å². The zero-order valence-electron chi connectivity index (χ0n) is 11.2. The van der Waals surface area contributed by atoms with Crippen LogP contribution in [0.5, 0.6) is 0 Å². The van der Waals surface area contributed by atoms with Crippen LogP contribution in [0.2, 0.25) is 0 Å². The first-order valence-corrected chi connectivity index (χ1v) is 7.03. The molecule has 1 aromatic rings. The second-order valence-corrected chi connectivity index (χ2v) is 5.81. The summed E-state index contributed by atoms with van der Waals surface area (Å²) in [4.78, 5) is 12.2. The van der Waals surface area contributed by atoms with Crippen molar-refractivity contribution in [3.63, 3.8) is 0 Å². The highest BCUT2D eigenvalue weighted by Crippen LogP contribution is 2.54. The van der Waals surface area contributed by atoms with E-state index in [-0.39, 0.29) is 18.3 Å². The highest BCUT2D eigenvalue weighted by molar-refractivity contribution is 5.79. The molecule has 1 aromatic heterocycles. The van der Waals surface area contributed by atoms with Gasteiger partial charge in [0, 0.05) is 0 Å². The summed E-state index contributed by atoms with van der Waals surface area (Å²) in [7, 11) is 0. The fraction of sp³-hybridized carbons (Fsp3) is 0.833. The molecule has 6 nitrogen and oxygen atoms in total. The maximum atomic E-state index is 13.3. The van der Waals surface area contributed by atoms with Gasteiger partial charge in [-0.2, -0.15) is 18.4 Å².